The first kappa shape index (κ1) is 13.3. The van der Waals surface area contributed by atoms with Gasteiger partial charge in [-0.1, -0.05) is 42.7 Å². The van der Waals surface area contributed by atoms with Crippen LogP contribution in [-0.2, 0) is 11.2 Å². The zero-order chi connectivity index (χ0) is 13.3. The van der Waals surface area contributed by atoms with Gasteiger partial charge in [-0.05, 0) is 32.3 Å². The Bertz CT molecular complexity index is 446. The molecule has 0 aliphatic heterocycles. The zero-order valence-corrected chi connectivity index (χ0v) is 11.6. The summed E-state index contributed by atoms with van der Waals surface area (Å²) in [6.07, 6.45) is 3.52. The summed E-state index contributed by atoms with van der Waals surface area (Å²) in [7, 11) is 0. The number of rotatable bonds is 3. The molecule has 2 atom stereocenters. The van der Waals surface area contributed by atoms with Gasteiger partial charge in [0.1, 0.15) is 5.78 Å². The summed E-state index contributed by atoms with van der Waals surface area (Å²) >= 11 is 0. The lowest BCUT2D eigenvalue weighted by Gasteiger charge is -2.27. The molecule has 2 nitrogen and oxygen atoms in total. The Morgan fingerprint density at radius 3 is 2.44 bits per heavy atom. The van der Waals surface area contributed by atoms with E-state index in [0.717, 1.165) is 24.8 Å². The predicted molar refractivity (Wildman–Crippen MR) is 74.6 cm³/mol. The molecule has 0 bridgehead atoms. The fourth-order valence-corrected chi connectivity index (χ4v) is 3.10. The van der Waals surface area contributed by atoms with E-state index in [-0.39, 0.29) is 11.5 Å². The Labute approximate surface area is 110 Å². The third kappa shape index (κ3) is 2.49. The van der Waals surface area contributed by atoms with Gasteiger partial charge in [-0.15, -0.1) is 0 Å². The largest absolute Gasteiger partial charge is 0.327 e. The van der Waals surface area contributed by atoms with Gasteiger partial charge in [0.05, 0.1) is 0 Å². The molecule has 2 N–H and O–H groups in total. The van der Waals surface area contributed by atoms with Crippen molar-refractivity contribution in [3.63, 3.8) is 0 Å². The monoisotopic (exact) mass is 245 g/mol. The minimum atomic E-state index is -0.308. The van der Waals surface area contributed by atoms with Crippen LogP contribution in [0.3, 0.4) is 0 Å². The van der Waals surface area contributed by atoms with Crippen LogP contribution >= 0.6 is 0 Å². The van der Waals surface area contributed by atoms with Crippen molar-refractivity contribution in [3.8, 4) is 0 Å². The highest BCUT2D eigenvalue weighted by molar-refractivity contribution is 5.87. The van der Waals surface area contributed by atoms with Gasteiger partial charge in [0.2, 0.25) is 0 Å². The summed E-state index contributed by atoms with van der Waals surface area (Å²) < 4.78 is 0. The number of ketones is 1. The molecular weight excluding hydrogens is 222 g/mol. The molecule has 1 saturated carbocycles. The second-order valence-corrected chi connectivity index (χ2v) is 6.01. The highest BCUT2D eigenvalue weighted by Crippen LogP contribution is 2.38. The van der Waals surface area contributed by atoms with Gasteiger partial charge < -0.3 is 5.73 Å². The maximum Gasteiger partial charge on any atom is 0.144 e. The van der Waals surface area contributed by atoms with Crippen molar-refractivity contribution in [2.24, 2.45) is 11.1 Å². The molecule has 0 saturated heterocycles. The van der Waals surface area contributed by atoms with Gasteiger partial charge in [-0.3, -0.25) is 4.79 Å². The quantitative estimate of drug-likeness (QED) is 0.889. The average Bonchev–Trinajstić information content (AvgIpc) is 2.59. The summed E-state index contributed by atoms with van der Waals surface area (Å²) in [5, 5.41) is 0. The number of carbonyl (C=O) groups excluding carboxylic acids is 1. The van der Waals surface area contributed by atoms with Crippen LogP contribution in [-0.4, -0.2) is 11.8 Å². The number of hydrogen-bond acceptors (Lipinski definition) is 2. The summed E-state index contributed by atoms with van der Waals surface area (Å²) in [6, 6.07) is 6.39. The molecule has 1 aliphatic rings. The Balaban J connectivity index is 2.16. The molecule has 98 valence electrons. The molecule has 1 aromatic rings. The molecule has 0 radical (unpaired) electrons. The van der Waals surface area contributed by atoms with E-state index >= 15 is 0 Å². The Hall–Kier alpha value is -1.15. The highest BCUT2D eigenvalue weighted by Gasteiger charge is 2.42. The van der Waals surface area contributed by atoms with Gasteiger partial charge in [0.15, 0.2) is 0 Å². The van der Waals surface area contributed by atoms with Crippen molar-refractivity contribution < 1.29 is 4.79 Å². The van der Waals surface area contributed by atoms with E-state index < -0.39 is 0 Å². The maximum absolute atomic E-state index is 12.5. The van der Waals surface area contributed by atoms with Gasteiger partial charge >= 0.3 is 0 Å². The van der Waals surface area contributed by atoms with Crippen LogP contribution in [0.2, 0.25) is 0 Å². The molecule has 1 aromatic carbocycles. The minimum Gasteiger partial charge on any atom is -0.327 e. The normalized spacial score (nSPS) is 27.4. The lowest BCUT2D eigenvalue weighted by molar-refractivity contribution is -0.127. The first-order valence-electron chi connectivity index (χ1n) is 6.78. The van der Waals surface area contributed by atoms with Crippen LogP contribution in [0.15, 0.2) is 18.2 Å². The lowest BCUT2D eigenvalue weighted by atomic mass is 9.78. The SMILES string of the molecule is Cc1cc(C)cc(CC(=O)C2(C)CCCC2N)c1. The highest BCUT2D eigenvalue weighted by atomic mass is 16.1. The van der Waals surface area contributed by atoms with Crippen LogP contribution in [0, 0.1) is 19.3 Å². The van der Waals surface area contributed by atoms with Gasteiger partial charge in [0, 0.05) is 17.9 Å². The number of carbonyl (C=O) groups is 1. The number of benzene rings is 1. The smallest absolute Gasteiger partial charge is 0.144 e. The maximum atomic E-state index is 12.5. The molecule has 0 heterocycles. The van der Waals surface area contributed by atoms with E-state index in [1.54, 1.807) is 0 Å². The van der Waals surface area contributed by atoms with Crippen molar-refractivity contribution in [2.45, 2.75) is 52.5 Å². The summed E-state index contributed by atoms with van der Waals surface area (Å²) in [5.41, 5.74) is 9.36. The summed E-state index contributed by atoms with van der Waals surface area (Å²) in [6.45, 7) is 6.18. The lowest BCUT2D eigenvalue weighted by Crippen LogP contribution is -2.41. The molecule has 0 aromatic heterocycles. The van der Waals surface area contributed by atoms with E-state index in [9.17, 15) is 4.79 Å². The zero-order valence-electron chi connectivity index (χ0n) is 11.6. The molecule has 2 rings (SSSR count). The third-order valence-electron chi connectivity index (χ3n) is 4.31. The predicted octanol–water partition coefficient (Wildman–Crippen LogP) is 2.93. The topological polar surface area (TPSA) is 43.1 Å². The standard InChI is InChI=1S/C16H23NO/c1-11-7-12(2)9-13(8-11)10-15(18)16(3)6-4-5-14(16)17/h7-9,14H,4-6,10,17H2,1-3H3. The summed E-state index contributed by atoms with van der Waals surface area (Å²) in [4.78, 5) is 12.5. The second-order valence-electron chi connectivity index (χ2n) is 6.01. The van der Waals surface area contributed by atoms with Gasteiger partial charge in [-0.25, -0.2) is 0 Å². The molecule has 0 spiro atoms. The minimum absolute atomic E-state index is 0.0379. The van der Waals surface area contributed by atoms with Crippen LogP contribution in [0.5, 0.6) is 0 Å². The fraction of sp³-hybridized carbons (Fsp3) is 0.562. The van der Waals surface area contributed by atoms with E-state index in [1.807, 2.05) is 6.92 Å². The number of Topliss-reactive ketones (excluding diaryl/α,β-unsaturated/α-hetero) is 1. The van der Waals surface area contributed by atoms with E-state index in [2.05, 4.69) is 32.0 Å². The first-order chi connectivity index (χ1) is 8.41. The van der Waals surface area contributed by atoms with E-state index in [0.29, 0.717) is 12.2 Å². The van der Waals surface area contributed by atoms with Gasteiger partial charge in [-0.2, -0.15) is 0 Å². The van der Waals surface area contributed by atoms with Crippen molar-refractivity contribution >= 4 is 5.78 Å². The number of aryl methyl sites for hydroxylation is 2. The Morgan fingerprint density at radius 2 is 1.94 bits per heavy atom. The Kier molecular flexibility index (Phi) is 3.58. The molecule has 0 amide bonds. The fourth-order valence-electron chi connectivity index (χ4n) is 3.10. The van der Waals surface area contributed by atoms with Crippen molar-refractivity contribution in [1.29, 1.82) is 0 Å². The summed E-state index contributed by atoms with van der Waals surface area (Å²) in [5.74, 6) is 0.303. The van der Waals surface area contributed by atoms with Crippen LogP contribution in [0.4, 0.5) is 0 Å². The van der Waals surface area contributed by atoms with Crippen LogP contribution in [0.1, 0.15) is 42.9 Å². The molecule has 1 fully saturated rings. The molecule has 2 heteroatoms. The van der Waals surface area contributed by atoms with Crippen molar-refractivity contribution in [2.75, 3.05) is 0 Å². The second kappa shape index (κ2) is 4.85. The van der Waals surface area contributed by atoms with E-state index in [1.165, 1.54) is 11.1 Å². The molecule has 1 aliphatic carbocycles. The number of hydrogen-bond donors (Lipinski definition) is 1. The average molecular weight is 245 g/mol. The first-order valence-corrected chi connectivity index (χ1v) is 6.78. The van der Waals surface area contributed by atoms with Gasteiger partial charge in [0.25, 0.3) is 0 Å². The number of nitrogens with two attached hydrogens (primary N) is 1. The van der Waals surface area contributed by atoms with Crippen LogP contribution in [0.25, 0.3) is 0 Å². The van der Waals surface area contributed by atoms with Crippen LogP contribution < -0.4 is 5.73 Å². The third-order valence-corrected chi connectivity index (χ3v) is 4.31. The van der Waals surface area contributed by atoms with Crippen molar-refractivity contribution in [3.05, 3.63) is 34.9 Å². The Morgan fingerprint density at radius 1 is 1.33 bits per heavy atom. The molecule has 18 heavy (non-hydrogen) atoms. The molecular formula is C16H23NO. The van der Waals surface area contributed by atoms with E-state index in [4.69, 9.17) is 5.73 Å². The molecule has 2 unspecified atom stereocenters. The van der Waals surface area contributed by atoms with Crippen molar-refractivity contribution in [1.82, 2.24) is 0 Å².